The van der Waals surface area contributed by atoms with Gasteiger partial charge in [-0.05, 0) is 0 Å². The standard InChI is InChI=1S/C13H13NO5/c1-17-7-4-9-11(10(5-7)18-2)12(15)8(6-14-9)13(16)19-3/h4-6H,1-3H3,(H,14,15). The van der Waals surface area contributed by atoms with Gasteiger partial charge in [-0.2, -0.15) is 0 Å². The summed E-state index contributed by atoms with van der Waals surface area (Å²) in [5.41, 5.74) is 0.00687. The molecule has 0 saturated carbocycles. The Morgan fingerprint density at radius 2 is 1.89 bits per heavy atom. The number of carbonyl (C=O) groups excluding carboxylic acids is 1. The van der Waals surface area contributed by atoms with Crippen LogP contribution in [0.4, 0.5) is 0 Å². The fourth-order valence-electron chi connectivity index (χ4n) is 1.83. The maximum Gasteiger partial charge on any atom is 0.343 e. The zero-order chi connectivity index (χ0) is 14.0. The van der Waals surface area contributed by atoms with Gasteiger partial charge in [0, 0.05) is 18.3 Å². The Hall–Kier alpha value is -2.50. The molecule has 6 heteroatoms. The van der Waals surface area contributed by atoms with Crippen molar-refractivity contribution in [2.45, 2.75) is 0 Å². The van der Waals surface area contributed by atoms with Crippen LogP contribution in [-0.4, -0.2) is 32.3 Å². The first-order valence-corrected chi connectivity index (χ1v) is 5.48. The second kappa shape index (κ2) is 5.01. The lowest BCUT2D eigenvalue weighted by Crippen LogP contribution is -2.17. The van der Waals surface area contributed by atoms with Crippen molar-refractivity contribution in [2.75, 3.05) is 21.3 Å². The quantitative estimate of drug-likeness (QED) is 0.845. The van der Waals surface area contributed by atoms with E-state index in [1.165, 1.54) is 27.5 Å². The maximum absolute atomic E-state index is 12.3. The minimum Gasteiger partial charge on any atom is -0.497 e. The number of H-pyrrole nitrogens is 1. The normalized spacial score (nSPS) is 10.3. The number of esters is 1. The van der Waals surface area contributed by atoms with Crippen LogP contribution >= 0.6 is 0 Å². The Kier molecular flexibility index (Phi) is 3.41. The van der Waals surface area contributed by atoms with Gasteiger partial charge in [-0.25, -0.2) is 4.79 Å². The van der Waals surface area contributed by atoms with Crippen LogP contribution in [0.15, 0.2) is 23.1 Å². The Balaban J connectivity index is 2.82. The summed E-state index contributed by atoms with van der Waals surface area (Å²) in [6.45, 7) is 0. The molecule has 19 heavy (non-hydrogen) atoms. The minimum absolute atomic E-state index is 0.0709. The molecule has 1 heterocycles. The molecule has 0 aliphatic heterocycles. The van der Waals surface area contributed by atoms with E-state index in [-0.39, 0.29) is 10.9 Å². The average molecular weight is 263 g/mol. The number of carbonyl (C=O) groups is 1. The molecule has 0 unspecified atom stereocenters. The second-order valence-corrected chi connectivity index (χ2v) is 3.78. The van der Waals surface area contributed by atoms with Gasteiger partial charge in [-0.15, -0.1) is 0 Å². The first-order chi connectivity index (χ1) is 9.12. The molecule has 100 valence electrons. The van der Waals surface area contributed by atoms with E-state index >= 15 is 0 Å². The van der Waals surface area contributed by atoms with E-state index in [0.717, 1.165) is 0 Å². The Morgan fingerprint density at radius 3 is 2.47 bits per heavy atom. The molecule has 0 bridgehead atoms. The third-order valence-electron chi connectivity index (χ3n) is 2.78. The average Bonchev–Trinajstić information content (AvgIpc) is 2.45. The van der Waals surface area contributed by atoms with Gasteiger partial charge >= 0.3 is 5.97 Å². The molecule has 6 nitrogen and oxygen atoms in total. The number of aromatic nitrogens is 1. The van der Waals surface area contributed by atoms with Gasteiger partial charge < -0.3 is 19.2 Å². The smallest absolute Gasteiger partial charge is 0.343 e. The number of methoxy groups -OCH3 is 3. The topological polar surface area (TPSA) is 77.6 Å². The molecule has 0 aliphatic rings. The number of aromatic amines is 1. The fraction of sp³-hybridized carbons (Fsp3) is 0.231. The van der Waals surface area contributed by atoms with Crippen molar-refractivity contribution in [3.05, 3.63) is 34.1 Å². The number of hydrogen-bond donors (Lipinski definition) is 1. The van der Waals surface area contributed by atoms with Crippen LogP contribution in [0.3, 0.4) is 0 Å². The van der Waals surface area contributed by atoms with Crippen molar-refractivity contribution in [1.29, 1.82) is 0 Å². The second-order valence-electron chi connectivity index (χ2n) is 3.78. The SMILES string of the molecule is COC(=O)c1c[nH]c2cc(OC)cc(OC)c2c1=O. The molecular formula is C13H13NO5. The zero-order valence-corrected chi connectivity index (χ0v) is 10.8. The minimum atomic E-state index is -0.693. The van der Waals surface area contributed by atoms with E-state index in [0.29, 0.717) is 17.0 Å². The number of rotatable bonds is 3. The van der Waals surface area contributed by atoms with Crippen molar-refractivity contribution in [3.63, 3.8) is 0 Å². The van der Waals surface area contributed by atoms with E-state index in [1.807, 2.05) is 0 Å². The summed E-state index contributed by atoms with van der Waals surface area (Å²) in [5, 5.41) is 0.284. The molecule has 0 radical (unpaired) electrons. The lowest BCUT2D eigenvalue weighted by molar-refractivity contribution is 0.0599. The van der Waals surface area contributed by atoms with Gasteiger partial charge in [0.25, 0.3) is 0 Å². The van der Waals surface area contributed by atoms with E-state index in [2.05, 4.69) is 9.72 Å². The molecule has 0 spiro atoms. The number of ether oxygens (including phenoxy) is 3. The monoisotopic (exact) mass is 263 g/mol. The number of hydrogen-bond acceptors (Lipinski definition) is 5. The van der Waals surface area contributed by atoms with Crippen molar-refractivity contribution >= 4 is 16.9 Å². The largest absolute Gasteiger partial charge is 0.497 e. The van der Waals surface area contributed by atoms with Crippen LogP contribution in [0.5, 0.6) is 11.5 Å². The fourth-order valence-corrected chi connectivity index (χ4v) is 1.83. The van der Waals surface area contributed by atoms with Gasteiger partial charge in [-0.1, -0.05) is 0 Å². The summed E-state index contributed by atoms with van der Waals surface area (Å²) >= 11 is 0. The maximum atomic E-state index is 12.3. The van der Waals surface area contributed by atoms with Crippen molar-refractivity contribution < 1.29 is 19.0 Å². The van der Waals surface area contributed by atoms with Crippen molar-refractivity contribution in [2.24, 2.45) is 0 Å². The summed E-state index contributed by atoms with van der Waals surface area (Å²) in [6.07, 6.45) is 1.31. The molecule has 0 saturated heterocycles. The van der Waals surface area contributed by atoms with Crippen LogP contribution in [0.25, 0.3) is 10.9 Å². The highest BCUT2D eigenvalue weighted by atomic mass is 16.5. The molecule has 1 aromatic carbocycles. The third kappa shape index (κ3) is 2.12. The molecule has 0 atom stereocenters. The van der Waals surface area contributed by atoms with Crippen molar-refractivity contribution in [1.82, 2.24) is 4.98 Å². The first kappa shape index (κ1) is 12.9. The zero-order valence-electron chi connectivity index (χ0n) is 10.8. The number of nitrogens with one attached hydrogen (secondary N) is 1. The number of benzene rings is 1. The molecular weight excluding hydrogens is 250 g/mol. The van der Waals surface area contributed by atoms with Crippen LogP contribution in [-0.2, 0) is 4.74 Å². The predicted octanol–water partition coefficient (Wildman–Crippen LogP) is 1.33. The summed E-state index contributed by atoms with van der Waals surface area (Å²) in [7, 11) is 4.18. The summed E-state index contributed by atoms with van der Waals surface area (Å²) in [6, 6.07) is 3.24. The summed E-state index contributed by atoms with van der Waals surface area (Å²) in [5.74, 6) is 0.188. The molecule has 0 fully saturated rings. The Labute approximate surface area is 108 Å². The lowest BCUT2D eigenvalue weighted by atomic mass is 10.1. The van der Waals surface area contributed by atoms with Gasteiger partial charge in [-0.3, -0.25) is 4.79 Å². The highest BCUT2D eigenvalue weighted by Crippen LogP contribution is 2.27. The van der Waals surface area contributed by atoms with Gasteiger partial charge in [0.2, 0.25) is 5.43 Å². The van der Waals surface area contributed by atoms with E-state index < -0.39 is 11.4 Å². The van der Waals surface area contributed by atoms with Gasteiger partial charge in [0.05, 0.1) is 32.2 Å². The summed E-state index contributed by atoms with van der Waals surface area (Å²) < 4.78 is 14.8. The molecule has 2 aromatic rings. The lowest BCUT2D eigenvalue weighted by Gasteiger charge is -2.09. The van der Waals surface area contributed by atoms with Crippen LogP contribution < -0.4 is 14.9 Å². The van der Waals surface area contributed by atoms with Crippen LogP contribution in [0.1, 0.15) is 10.4 Å². The highest BCUT2D eigenvalue weighted by molar-refractivity contribution is 5.95. The molecule has 2 rings (SSSR count). The molecule has 1 N–H and O–H groups in total. The predicted molar refractivity (Wildman–Crippen MR) is 69.0 cm³/mol. The Bertz CT molecular complexity index is 689. The van der Waals surface area contributed by atoms with Gasteiger partial charge in [0.1, 0.15) is 17.1 Å². The highest BCUT2D eigenvalue weighted by Gasteiger charge is 2.17. The summed E-state index contributed by atoms with van der Waals surface area (Å²) in [4.78, 5) is 26.6. The molecule has 0 aliphatic carbocycles. The third-order valence-corrected chi connectivity index (χ3v) is 2.78. The van der Waals surface area contributed by atoms with Crippen LogP contribution in [0, 0.1) is 0 Å². The number of pyridine rings is 1. The van der Waals surface area contributed by atoms with E-state index in [1.54, 1.807) is 12.1 Å². The Morgan fingerprint density at radius 1 is 1.16 bits per heavy atom. The van der Waals surface area contributed by atoms with E-state index in [4.69, 9.17) is 9.47 Å². The van der Waals surface area contributed by atoms with E-state index in [9.17, 15) is 9.59 Å². The molecule has 0 amide bonds. The number of fused-ring (bicyclic) bond motifs is 1. The van der Waals surface area contributed by atoms with Crippen LogP contribution in [0.2, 0.25) is 0 Å². The van der Waals surface area contributed by atoms with Crippen molar-refractivity contribution in [3.8, 4) is 11.5 Å². The van der Waals surface area contributed by atoms with Gasteiger partial charge in [0.15, 0.2) is 0 Å². The first-order valence-electron chi connectivity index (χ1n) is 5.48. The molecule has 1 aromatic heterocycles.